The molecule has 1 atom stereocenters. The number of halogens is 3. The third-order valence-corrected chi connectivity index (χ3v) is 2.47. The summed E-state index contributed by atoms with van der Waals surface area (Å²) in [6.07, 6.45) is -1.00. The van der Waals surface area contributed by atoms with Gasteiger partial charge in [-0.25, -0.2) is 0 Å². The molecule has 2 heterocycles. The molecule has 0 aromatic carbocycles. The summed E-state index contributed by atoms with van der Waals surface area (Å²) in [5.74, 6) is 0.567. The van der Waals surface area contributed by atoms with Crippen LogP contribution >= 0.6 is 0 Å². The molecule has 1 unspecified atom stereocenters. The van der Waals surface area contributed by atoms with Gasteiger partial charge in [-0.2, -0.15) is 13.2 Å². The smallest absolute Gasteiger partial charge is 0.417 e. The molecule has 3 nitrogen and oxygen atoms in total. The van der Waals surface area contributed by atoms with E-state index in [9.17, 15) is 13.2 Å². The average molecular weight is 244 g/mol. The number of hydrogen-bond donors (Lipinski definition) is 1. The summed E-state index contributed by atoms with van der Waals surface area (Å²) in [6, 6.07) is 1.65. The Balaban J connectivity index is 2.18. The molecule has 1 aromatic rings. The summed E-state index contributed by atoms with van der Waals surface area (Å²) in [5.41, 5.74) is 5.41. The lowest BCUT2D eigenvalue weighted by molar-refractivity contribution is -0.137. The first-order chi connectivity index (χ1) is 7.98. The SMILES string of the molecule is NC(C1=CCCO1)c1ccc(C(F)(F)F)cn1. The van der Waals surface area contributed by atoms with Crippen LogP contribution in [0.25, 0.3) is 0 Å². The minimum absolute atomic E-state index is 0.367. The fourth-order valence-corrected chi connectivity index (χ4v) is 1.56. The van der Waals surface area contributed by atoms with E-state index in [1.54, 1.807) is 0 Å². The number of ether oxygens (including phenoxy) is 1. The van der Waals surface area contributed by atoms with Gasteiger partial charge in [-0.1, -0.05) is 0 Å². The molecule has 1 aliphatic heterocycles. The average Bonchev–Trinajstić information content (AvgIpc) is 2.80. The zero-order valence-electron chi connectivity index (χ0n) is 8.87. The van der Waals surface area contributed by atoms with E-state index >= 15 is 0 Å². The van der Waals surface area contributed by atoms with E-state index in [0.29, 0.717) is 18.1 Å². The van der Waals surface area contributed by atoms with E-state index in [-0.39, 0.29) is 0 Å². The van der Waals surface area contributed by atoms with Gasteiger partial charge in [0, 0.05) is 12.6 Å². The third-order valence-electron chi connectivity index (χ3n) is 2.47. The standard InChI is InChI=1S/C11H11F3N2O/c12-11(13,14)7-3-4-8(16-6-7)10(15)9-2-1-5-17-9/h2-4,6,10H,1,5,15H2. The number of rotatable bonds is 2. The van der Waals surface area contributed by atoms with Crippen molar-refractivity contribution in [2.45, 2.75) is 18.6 Å². The molecule has 0 saturated carbocycles. The molecule has 1 aromatic heterocycles. The lowest BCUT2D eigenvalue weighted by atomic mass is 10.1. The maximum Gasteiger partial charge on any atom is 0.417 e. The number of nitrogens with zero attached hydrogens (tertiary/aromatic N) is 1. The Morgan fingerprint density at radius 2 is 2.12 bits per heavy atom. The quantitative estimate of drug-likeness (QED) is 0.869. The molecule has 0 bridgehead atoms. The van der Waals surface area contributed by atoms with Crippen LogP contribution in [0.15, 0.2) is 30.2 Å². The molecule has 92 valence electrons. The Morgan fingerprint density at radius 3 is 2.59 bits per heavy atom. The minimum atomic E-state index is -4.38. The molecule has 0 spiro atoms. The molecule has 0 amide bonds. The second-order valence-electron chi connectivity index (χ2n) is 3.69. The lowest BCUT2D eigenvalue weighted by Crippen LogP contribution is -2.16. The summed E-state index contributed by atoms with van der Waals surface area (Å²) >= 11 is 0. The van der Waals surface area contributed by atoms with Crippen LogP contribution < -0.4 is 5.73 Å². The van der Waals surface area contributed by atoms with E-state index < -0.39 is 17.8 Å². The van der Waals surface area contributed by atoms with Gasteiger partial charge in [-0.15, -0.1) is 0 Å². The van der Waals surface area contributed by atoms with Crippen LogP contribution in [0.5, 0.6) is 0 Å². The molecule has 17 heavy (non-hydrogen) atoms. The van der Waals surface area contributed by atoms with Crippen LogP contribution in [0.1, 0.15) is 23.7 Å². The van der Waals surface area contributed by atoms with Gasteiger partial charge in [0.2, 0.25) is 0 Å². The Hall–Kier alpha value is -1.56. The van der Waals surface area contributed by atoms with Crippen molar-refractivity contribution in [2.24, 2.45) is 5.73 Å². The molecule has 0 saturated heterocycles. The highest BCUT2D eigenvalue weighted by Crippen LogP contribution is 2.30. The molecular weight excluding hydrogens is 233 g/mol. The second kappa shape index (κ2) is 4.37. The Kier molecular flexibility index (Phi) is 3.06. The topological polar surface area (TPSA) is 48.1 Å². The molecule has 0 aliphatic carbocycles. The van der Waals surface area contributed by atoms with Crippen molar-refractivity contribution >= 4 is 0 Å². The van der Waals surface area contributed by atoms with Gasteiger partial charge < -0.3 is 10.5 Å². The van der Waals surface area contributed by atoms with E-state index in [4.69, 9.17) is 10.5 Å². The first kappa shape index (κ1) is 11.9. The summed E-state index contributed by atoms with van der Waals surface area (Å²) < 4.78 is 42.2. The van der Waals surface area contributed by atoms with E-state index in [0.717, 1.165) is 18.7 Å². The van der Waals surface area contributed by atoms with Gasteiger partial charge in [-0.05, 0) is 18.2 Å². The fraction of sp³-hybridized carbons (Fsp3) is 0.364. The van der Waals surface area contributed by atoms with Crippen LogP contribution in [-0.2, 0) is 10.9 Å². The normalized spacial score (nSPS) is 17.5. The molecule has 6 heteroatoms. The second-order valence-corrected chi connectivity index (χ2v) is 3.69. The lowest BCUT2D eigenvalue weighted by Gasteiger charge is -2.13. The largest absolute Gasteiger partial charge is 0.496 e. The van der Waals surface area contributed by atoms with Gasteiger partial charge in [0.25, 0.3) is 0 Å². The van der Waals surface area contributed by atoms with Gasteiger partial charge in [0.05, 0.1) is 17.9 Å². The van der Waals surface area contributed by atoms with Crippen LogP contribution in [-0.4, -0.2) is 11.6 Å². The van der Waals surface area contributed by atoms with Gasteiger partial charge >= 0.3 is 6.18 Å². The van der Waals surface area contributed by atoms with Crippen LogP contribution in [0, 0.1) is 0 Å². The number of aromatic nitrogens is 1. The Labute approximate surface area is 96.1 Å². The van der Waals surface area contributed by atoms with E-state index in [1.165, 1.54) is 6.07 Å². The molecule has 2 N–H and O–H groups in total. The monoisotopic (exact) mass is 244 g/mol. The highest BCUT2D eigenvalue weighted by molar-refractivity contribution is 5.23. The number of nitrogens with two attached hydrogens (primary N) is 1. The summed E-state index contributed by atoms with van der Waals surface area (Å²) in [6.45, 7) is 0.559. The van der Waals surface area contributed by atoms with Crippen molar-refractivity contribution in [1.29, 1.82) is 0 Å². The third kappa shape index (κ3) is 2.58. The van der Waals surface area contributed by atoms with Gasteiger partial charge in [0.15, 0.2) is 0 Å². The summed E-state index contributed by atoms with van der Waals surface area (Å²) in [4.78, 5) is 3.72. The van der Waals surface area contributed by atoms with Crippen molar-refractivity contribution in [3.8, 4) is 0 Å². The molecule has 0 fully saturated rings. The molecule has 0 radical (unpaired) electrons. The number of pyridine rings is 1. The number of hydrogen-bond acceptors (Lipinski definition) is 3. The van der Waals surface area contributed by atoms with Gasteiger partial charge in [0.1, 0.15) is 11.8 Å². The first-order valence-corrected chi connectivity index (χ1v) is 5.10. The molecular formula is C11H11F3N2O. The predicted octanol–water partition coefficient (Wildman–Crippen LogP) is 2.40. The van der Waals surface area contributed by atoms with Crippen LogP contribution in [0.3, 0.4) is 0 Å². The van der Waals surface area contributed by atoms with Crippen molar-refractivity contribution < 1.29 is 17.9 Å². The van der Waals surface area contributed by atoms with Crippen LogP contribution in [0.2, 0.25) is 0 Å². The predicted molar refractivity (Wildman–Crippen MR) is 54.8 cm³/mol. The molecule has 2 rings (SSSR count). The summed E-state index contributed by atoms with van der Waals surface area (Å²) in [7, 11) is 0. The van der Waals surface area contributed by atoms with E-state index in [1.807, 2.05) is 6.08 Å². The fourth-order valence-electron chi connectivity index (χ4n) is 1.56. The summed E-state index contributed by atoms with van der Waals surface area (Å²) in [5, 5.41) is 0. The zero-order valence-corrected chi connectivity index (χ0v) is 8.87. The van der Waals surface area contributed by atoms with Gasteiger partial charge in [-0.3, -0.25) is 4.98 Å². The zero-order chi connectivity index (χ0) is 12.5. The van der Waals surface area contributed by atoms with Crippen molar-refractivity contribution in [1.82, 2.24) is 4.98 Å². The highest BCUT2D eigenvalue weighted by atomic mass is 19.4. The van der Waals surface area contributed by atoms with Crippen LogP contribution in [0.4, 0.5) is 13.2 Å². The van der Waals surface area contributed by atoms with E-state index in [2.05, 4.69) is 4.98 Å². The maximum absolute atomic E-state index is 12.3. The van der Waals surface area contributed by atoms with Crippen molar-refractivity contribution in [2.75, 3.05) is 6.61 Å². The number of alkyl halides is 3. The molecule has 1 aliphatic rings. The minimum Gasteiger partial charge on any atom is -0.496 e. The Morgan fingerprint density at radius 1 is 1.35 bits per heavy atom. The van der Waals surface area contributed by atoms with Crippen molar-refractivity contribution in [3.63, 3.8) is 0 Å². The maximum atomic E-state index is 12.3. The van der Waals surface area contributed by atoms with Crippen molar-refractivity contribution in [3.05, 3.63) is 41.4 Å². The Bertz CT molecular complexity index is 425. The first-order valence-electron chi connectivity index (χ1n) is 5.10. The highest BCUT2D eigenvalue weighted by Gasteiger charge is 2.31.